The number of aromatic nitrogens is 3. The maximum Gasteiger partial charge on any atom is 0.408 e. The van der Waals surface area contributed by atoms with Crippen LogP contribution in [0.2, 0.25) is 0 Å². The number of nitrogens with zero attached hydrogens (tertiary/aromatic N) is 4. The van der Waals surface area contributed by atoms with E-state index in [2.05, 4.69) is 20.9 Å². The van der Waals surface area contributed by atoms with Gasteiger partial charge >= 0.3 is 6.09 Å². The summed E-state index contributed by atoms with van der Waals surface area (Å²) in [5, 5.41) is 13.8. The first kappa shape index (κ1) is 28.0. The van der Waals surface area contributed by atoms with Gasteiger partial charge in [0, 0.05) is 26.2 Å². The number of amides is 3. The van der Waals surface area contributed by atoms with Gasteiger partial charge in [0.1, 0.15) is 23.2 Å². The van der Waals surface area contributed by atoms with Gasteiger partial charge < -0.3 is 26.0 Å². The molecule has 3 amide bonds. The lowest BCUT2D eigenvalue weighted by Crippen LogP contribution is -2.54. The number of rotatable bonds is 8. The molecule has 3 aromatic rings. The molecule has 2 heterocycles. The van der Waals surface area contributed by atoms with E-state index < -0.39 is 23.8 Å². The smallest absolute Gasteiger partial charge is 0.408 e. The first-order chi connectivity index (χ1) is 18.5. The fraction of sp³-hybridized carbons (Fsp3) is 0.464. The number of carbonyl (C=O) groups excluding carboxylic acids is 3. The highest BCUT2D eigenvalue weighted by Crippen LogP contribution is 2.21. The van der Waals surface area contributed by atoms with Crippen LogP contribution in [0.1, 0.15) is 44.7 Å². The molecule has 0 radical (unpaired) electrons. The quantitative estimate of drug-likeness (QED) is 0.400. The van der Waals surface area contributed by atoms with Gasteiger partial charge in [-0.2, -0.15) is 0 Å². The fourth-order valence-corrected chi connectivity index (χ4v) is 4.73. The normalized spacial score (nSPS) is 18.1. The Bertz CT molecular complexity index is 1320. The van der Waals surface area contributed by atoms with Crippen LogP contribution in [0.5, 0.6) is 0 Å². The molecule has 1 fully saturated rings. The van der Waals surface area contributed by atoms with Crippen molar-refractivity contribution in [1.82, 2.24) is 30.5 Å². The molecule has 39 heavy (non-hydrogen) atoms. The number of carbonyl (C=O) groups is 3. The summed E-state index contributed by atoms with van der Waals surface area (Å²) >= 11 is 0. The summed E-state index contributed by atoms with van der Waals surface area (Å²) in [5.74, 6) is -0.652. The molecule has 0 saturated carbocycles. The van der Waals surface area contributed by atoms with Crippen molar-refractivity contribution in [2.24, 2.45) is 12.8 Å². The Kier molecular flexibility index (Phi) is 8.49. The van der Waals surface area contributed by atoms with Crippen LogP contribution >= 0.6 is 0 Å². The largest absolute Gasteiger partial charge is 0.444 e. The minimum Gasteiger partial charge on any atom is -0.444 e. The summed E-state index contributed by atoms with van der Waals surface area (Å²) in [7, 11) is 1.82. The van der Waals surface area contributed by atoms with Crippen molar-refractivity contribution in [1.29, 1.82) is 0 Å². The third-order valence-corrected chi connectivity index (χ3v) is 6.61. The van der Waals surface area contributed by atoms with Gasteiger partial charge in [0.2, 0.25) is 11.8 Å². The van der Waals surface area contributed by atoms with Gasteiger partial charge in [-0.05, 0) is 63.3 Å². The number of alkyl carbamates (subject to hydrolysis) is 1. The molecule has 4 rings (SSSR count). The summed E-state index contributed by atoms with van der Waals surface area (Å²) in [5.41, 5.74) is 9.02. The topological polar surface area (TPSA) is 144 Å². The monoisotopic (exact) mass is 535 g/mol. The minimum atomic E-state index is -0.875. The molecular formula is C28H37N7O4. The standard InChI is InChI=1S/C28H37N7O4/c1-28(2,3)39-27(38)31-21(12-10-18-8-6-5-7-9-18)26(37)35-17-20(29)15-24(35)25(36)30-16-19-11-13-23-22(14-19)32-33-34(23)4/h5-9,11,13-14,20-21,24H,10,12,15-17,29H2,1-4H3,(H,30,36)(H,31,38)/t20?,21-,24?/m1/s1. The van der Waals surface area contributed by atoms with Crippen LogP contribution in [-0.2, 0) is 34.3 Å². The Morgan fingerprint density at radius 2 is 1.87 bits per heavy atom. The van der Waals surface area contributed by atoms with Gasteiger partial charge in [-0.15, -0.1) is 5.10 Å². The van der Waals surface area contributed by atoms with Crippen LogP contribution in [-0.4, -0.2) is 68.1 Å². The lowest BCUT2D eigenvalue weighted by molar-refractivity contribution is -0.140. The first-order valence-electron chi connectivity index (χ1n) is 13.2. The number of likely N-dealkylation sites (tertiary alicyclic amines) is 1. The molecular weight excluding hydrogens is 498 g/mol. The van der Waals surface area contributed by atoms with Crippen molar-refractivity contribution in [3.63, 3.8) is 0 Å². The molecule has 1 aliphatic rings. The molecule has 208 valence electrons. The van der Waals surface area contributed by atoms with Gasteiger partial charge in [0.05, 0.1) is 5.52 Å². The van der Waals surface area contributed by atoms with E-state index in [1.54, 1.807) is 25.5 Å². The van der Waals surface area contributed by atoms with Crippen molar-refractivity contribution in [3.8, 4) is 0 Å². The molecule has 2 aromatic carbocycles. The Balaban J connectivity index is 1.45. The number of benzene rings is 2. The summed E-state index contributed by atoms with van der Waals surface area (Å²) in [6.45, 7) is 5.77. The summed E-state index contributed by atoms with van der Waals surface area (Å²) in [6, 6.07) is 13.4. The summed E-state index contributed by atoms with van der Waals surface area (Å²) < 4.78 is 7.09. The Labute approximate surface area is 228 Å². The van der Waals surface area contributed by atoms with Crippen LogP contribution in [0.3, 0.4) is 0 Å². The first-order valence-corrected chi connectivity index (χ1v) is 13.2. The maximum atomic E-state index is 13.8. The molecule has 11 nitrogen and oxygen atoms in total. The number of aryl methyl sites for hydroxylation is 2. The number of fused-ring (bicyclic) bond motifs is 1. The predicted octanol–water partition coefficient (Wildman–Crippen LogP) is 2.04. The molecule has 1 saturated heterocycles. The van der Waals surface area contributed by atoms with Crippen LogP contribution < -0.4 is 16.4 Å². The number of nitrogens with two attached hydrogens (primary N) is 1. The Hall–Kier alpha value is -3.99. The van der Waals surface area contributed by atoms with Crippen LogP contribution in [0.25, 0.3) is 11.0 Å². The molecule has 3 atom stereocenters. The minimum absolute atomic E-state index is 0.223. The zero-order valence-electron chi connectivity index (χ0n) is 22.9. The molecule has 1 aliphatic heterocycles. The Morgan fingerprint density at radius 1 is 1.13 bits per heavy atom. The number of nitrogens with one attached hydrogen (secondary N) is 2. The van der Waals surface area contributed by atoms with Crippen molar-refractivity contribution >= 4 is 28.9 Å². The molecule has 1 aromatic heterocycles. The fourth-order valence-electron chi connectivity index (χ4n) is 4.73. The van der Waals surface area contributed by atoms with Gasteiger partial charge in [-0.25, -0.2) is 9.48 Å². The molecule has 2 unspecified atom stereocenters. The van der Waals surface area contributed by atoms with Crippen LogP contribution in [0, 0.1) is 0 Å². The Morgan fingerprint density at radius 3 is 2.59 bits per heavy atom. The second kappa shape index (κ2) is 11.8. The average molecular weight is 536 g/mol. The van der Waals surface area contributed by atoms with E-state index in [1.807, 2.05) is 55.6 Å². The average Bonchev–Trinajstić information content (AvgIpc) is 3.46. The van der Waals surface area contributed by atoms with Crippen molar-refractivity contribution < 1.29 is 19.1 Å². The second-order valence-electron chi connectivity index (χ2n) is 11.0. The summed E-state index contributed by atoms with van der Waals surface area (Å²) in [4.78, 5) is 41.1. The van der Waals surface area contributed by atoms with Gasteiger partial charge in [-0.3, -0.25) is 9.59 Å². The molecule has 0 spiro atoms. The zero-order valence-corrected chi connectivity index (χ0v) is 22.9. The summed E-state index contributed by atoms with van der Waals surface area (Å²) in [6.07, 6.45) is 0.561. The lowest BCUT2D eigenvalue weighted by atomic mass is 10.0. The second-order valence-corrected chi connectivity index (χ2v) is 11.0. The third-order valence-electron chi connectivity index (χ3n) is 6.61. The predicted molar refractivity (Wildman–Crippen MR) is 146 cm³/mol. The van der Waals surface area contributed by atoms with Gasteiger partial charge in [-0.1, -0.05) is 41.6 Å². The highest BCUT2D eigenvalue weighted by Gasteiger charge is 2.41. The molecule has 0 bridgehead atoms. The molecule has 0 aliphatic carbocycles. The van der Waals surface area contributed by atoms with E-state index in [-0.39, 0.29) is 30.9 Å². The SMILES string of the molecule is Cn1nnc2cc(CNC(=O)C3CC(N)CN3C(=O)[C@@H](CCc3ccccc3)NC(=O)OC(C)(C)C)ccc21. The van der Waals surface area contributed by atoms with E-state index in [0.717, 1.165) is 22.2 Å². The van der Waals surface area contributed by atoms with E-state index in [4.69, 9.17) is 10.5 Å². The zero-order chi connectivity index (χ0) is 28.2. The van der Waals surface area contributed by atoms with E-state index in [0.29, 0.717) is 19.3 Å². The molecule has 4 N–H and O–H groups in total. The number of hydrogen-bond acceptors (Lipinski definition) is 7. The molecule has 11 heteroatoms. The van der Waals surface area contributed by atoms with E-state index >= 15 is 0 Å². The van der Waals surface area contributed by atoms with E-state index in [9.17, 15) is 14.4 Å². The van der Waals surface area contributed by atoms with Crippen molar-refractivity contribution in [3.05, 3.63) is 59.7 Å². The van der Waals surface area contributed by atoms with Gasteiger partial charge in [0.25, 0.3) is 0 Å². The number of ether oxygens (including phenoxy) is 1. The number of hydrogen-bond donors (Lipinski definition) is 3. The highest BCUT2D eigenvalue weighted by molar-refractivity contribution is 5.92. The third kappa shape index (κ3) is 7.32. The lowest BCUT2D eigenvalue weighted by Gasteiger charge is -2.29. The van der Waals surface area contributed by atoms with E-state index in [1.165, 1.54) is 4.90 Å². The van der Waals surface area contributed by atoms with Crippen LogP contribution in [0.4, 0.5) is 4.79 Å². The van der Waals surface area contributed by atoms with Crippen molar-refractivity contribution in [2.75, 3.05) is 6.54 Å². The van der Waals surface area contributed by atoms with Crippen LogP contribution in [0.15, 0.2) is 48.5 Å². The highest BCUT2D eigenvalue weighted by atomic mass is 16.6. The van der Waals surface area contributed by atoms with Crippen molar-refractivity contribution in [2.45, 2.75) is 70.3 Å². The maximum absolute atomic E-state index is 13.8. The van der Waals surface area contributed by atoms with Gasteiger partial charge in [0.15, 0.2) is 0 Å².